The van der Waals surface area contributed by atoms with Crippen LogP contribution >= 0.6 is 0 Å². The SMILES string of the molecule is C#CCC(/C=C\O)N(N)C(=O)OC(C)(C)C. The average molecular weight is 226 g/mol. The van der Waals surface area contributed by atoms with Gasteiger partial charge in [-0.2, -0.15) is 0 Å². The number of hydrogen-bond acceptors (Lipinski definition) is 4. The highest BCUT2D eigenvalue weighted by Gasteiger charge is 2.24. The summed E-state index contributed by atoms with van der Waals surface area (Å²) in [5.41, 5.74) is -0.627. The highest BCUT2D eigenvalue weighted by molar-refractivity contribution is 5.68. The van der Waals surface area contributed by atoms with E-state index in [4.69, 9.17) is 22.1 Å². The normalized spacial score (nSPS) is 13.2. The van der Waals surface area contributed by atoms with Crippen LogP contribution in [0, 0.1) is 12.3 Å². The molecule has 0 aromatic carbocycles. The minimum Gasteiger partial charge on any atom is -0.516 e. The maximum absolute atomic E-state index is 11.5. The zero-order valence-electron chi connectivity index (χ0n) is 9.80. The molecule has 1 atom stereocenters. The van der Waals surface area contributed by atoms with Gasteiger partial charge in [0, 0.05) is 6.42 Å². The summed E-state index contributed by atoms with van der Waals surface area (Å²) in [7, 11) is 0. The zero-order valence-corrected chi connectivity index (χ0v) is 9.80. The molecule has 0 rings (SSSR count). The second-order valence-electron chi connectivity index (χ2n) is 4.20. The molecule has 0 radical (unpaired) electrons. The van der Waals surface area contributed by atoms with Crippen LogP contribution in [0.4, 0.5) is 4.79 Å². The van der Waals surface area contributed by atoms with Crippen LogP contribution in [-0.2, 0) is 4.74 Å². The molecular weight excluding hydrogens is 208 g/mol. The van der Waals surface area contributed by atoms with Gasteiger partial charge in [0.15, 0.2) is 0 Å². The molecule has 0 bridgehead atoms. The van der Waals surface area contributed by atoms with Crippen molar-refractivity contribution in [1.82, 2.24) is 5.01 Å². The number of nitrogens with two attached hydrogens (primary N) is 1. The second kappa shape index (κ2) is 6.03. The van der Waals surface area contributed by atoms with Crippen molar-refractivity contribution in [2.75, 3.05) is 0 Å². The minimum absolute atomic E-state index is 0.201. The summed E-state index contributed by atoms with van der Waals surface area (Å²) in [6.45, 7) is 5.20. The minimum atomic E-state index is -0.689. The third-order valence-corrected chi connectivity index (χ3v) is 1.60. The van der Waals surface area contributed by atoms with Gasteiger partial charge in [0.05, 0.1) is 12.3 Å². The van der Waals surface area contributed by atoms with Gasteiger partial charge in [-0.25, -0.2) is 15.6 Å². The molecular formula is C11H18N2O3. The molecule has 0 aromatic heterocycles. The fraction of sp³-hybridized carbons (Fsp3) is 0.545. The number of nitrogens with zero attached hydrogens (tertiary/aromatic N) is 1. The fourth-order valence-electron chi connectivity index (χ4n) is 0.929. The average Bonchev–Trinajstić information content (AvgIpc) is 2.13. The molecule has 0 aliphatic heterocycles. The predicted molar refractivity (Wildman–Crippen MR) is 61.3 cm³/mol. The molecule has 0 saturated carbocycles. The van der Waals surface area contributed by atoms with Crippen LogP contribution in [0.3, 0.4) is 0 Å². The lowest BCUT2D eigenvalue weighted by Gasteiger charge is -2.27. The van der Waals surface area contributed by atoms with Crippen LogP contribution < -0.4 is 5.84 Å². The highest BCUT2D eigenvalue weighted by atomic mass is 16.6. The van der Waals surface area contributed by atoms with E-state index in [1.165, 1.54) is 6.08 Å². The van der Waals surface area contributed by atoms with E-state index in [9.17, 15) is 4.79 Å². The molecule has 3 N–H and O–H groups in total. The molecule has 5 heteroatoms. The summed E-state index contributed by atoms with van der Waals surface area (Å²) in [5.74, 6) is 7.90. The van der Waals surface area contributed by atoms with E-state index in [2.05, 4.69) is 5.92 Å². The number of aliphatic hydroxyl groups excluding tert-OH is 1. The Morgan fingerprint density at radius 2 is 2.25 bits per heavy atom. The smallest absolute Gasteiger partial charge is 0.425 e. The standard InChI is InChI=1S/C11H18N2O3/c1-5-6-9(7-8-14)13(12)10(15)16-11(2,3)4/h1,7-9,14H,6,12H2,2-4H3/b8-7-. The quantitative estimate of drug-likeness (QED) is 0.252. The fourth-order valence-corrected chi connectivity index (χ4v) is 0.929. The number of rotatable bonds is 3. The largest absolute Gasteiger partial charge is 0.516 e. The van der Waals surface area contributed by atoms with Crippen LogP contribution in [0.1, 0.15) is 27.2 Å². The summed E-state index contributed by atoms with van der Waals surface area (Å²) in [6, 6.07) is -0.579. The number of hydrogen-bond donors (Lipinski definition) is 2. The number of amides is 1. The van der Waals surface area contributed by atoms with Crippen molar-refractivity contribution < 1.29 is 14.6 Å². The van der Waals surface area contributed by atoms with E-state index in [0.717, 1.165) is 11.3 Å². The number of carbonyl (C=O) groups is 1. The van der Waals surface area contributed by atoms with E-state index in [-0.39, 0.29) is 6.42 Å². The number of terminal acetylenes is 1. The first-order valence-corrected chi connectivity index (χ1v) is 4.83. The van der Waals surface area contributed by atoms with Crippen molar-refractivity contribution in [3.63, 3.8) is 0 Å². The molecule has 90 valence electrons. The molecule has 0 saturated heterocycles. The van der Waals surface area contributed by atoms with Gasteiger partial charge < -0.3 is 9.84 Å². The number of ether oxygens (including phenoxy) is 1. The van der Waals surface area contributed by atoms with Crippen molar-refractivity contribution in [2.24, 2.45) is 5.84 Å². The summed E-state index contributed by atoms with van der Waals surface area (Å²) < 4.78 is 5.05. The Kier molecular flexibility index (Phi) is 5.40. The van der Waals surface area contributed by atoms with E-state index < -0.39 is 17.7 Å². The molecule has 1 amide bonds. The molecule has 0 fully saturated rings. The molecule has 0 aliphatic carbocycles. The van der Waals surface area contributed by atoms with E-state index in [0.29, 0.717) is 0 Å². The van der Waals surface area contributed by atoms with Gasteiger partial charge in [-0.1, -0.05) is 0 Å². The highest BCUT2D eigenvalue weighted by Crippen LogP contribution is 2.11. The number of hydrazine groups is 1. The van der Waals surface area contributed by atoms with E-state index in [1.54, 1.807) is 20.8 Å². The molecule has 16 heavy (non-hydrogen) atoms. The molecule has 0 spiro atoms. The van der Waals surface area contributed by atoms with Gasteiger partial charge >= 0.3 is 6.09 Å². The predicted octanol–water partition coefficient (Wildman–Crippen LogP) is 1.56. The lowest BCUT2D eigenvalue weighted by molar-refractivity contribution is 0.0199. The molecule has 0 aliphatic rings. The van der Waals surface area contributed by atoms with Crippen LogP contribution in [0.15, 0.2) is 12.3 Å². The maximum Gasteiger partial charge on any atom is 0.425 e. The Morgan fingerprint density at radius 1 is 1.69 bits per heavy atom. The van der Waals surface area contributed by atoms with E-state index in [1.807, 2.05) is 0 Å². The Hall–Kier alpha value is -1.67. The van der Waals surface area contributed by atoms with Crippen LogP contribution in [-0.4, -0.2) is 27.9 Å². The van der Waals surface area contributed by atoms with Gasteiger partial charge in [0.1, 0.15) is 5.60 Å². The Morgan fingerprint density at radius 3 is 2.62 bits per heavy atom. The van der Waals surface area contributed by atoms with Crippen molar-refractivity contribution in [3.8, 4) is 12.3 Å². The molecule has 5 nitrogen and oxygen atoms in total. The van der Waals surface area contributed by atoms with Gasteiger partial charge in [0.2, 0.25) is 0 Å². The monoisotopic (exact) mass is 226 g/mol. The van der Waals surface area contributed by atoms with Crippen molar-refractivity contribution >= 4 is 6.09 Å². The molecule has 0 aromatic rings. The second-order valence-corrected chi connectivity index (χ2v) is 4.20. The zero-order chi connectivity index (χ0) is 12.8. The number of aliphatic hydroxyl groups is 1. The third-order valence-electron chi connectivity index (χ3n) is 1.60. The first-order valence-electron chi connectivity index (χ1n) is 4.83. The van der Waals surface area contributed by atoms with Gasteiger partial charge in [-0.05, 0) is 26.8 Å². The topological polar surface area (TPSA) is 75.8 Å². The summed E-state index contributed by atoms with van der Waals surface area (Å²) in [5, 5.41) is 9.50. The van der Waals surface area contributed by atoms with E-state index >= 15 is 0 Å². The van der Waals surface area contributed by atoms with Crippen molar-refractivity contribution in [3.05, 3.63) is 12.3 Å². The van der Waals surface area contributed by atoms with Gasteiger partial charge in [-0.15, -0.1) is 12.3 Å². The molecule has 0 heterocycles. The Bertz CT molecular complexity index is 299. The van der Waals surface area contributed by atoms with Crippen molar-refractivity contribution in [2.45, 2.75) is 38.8 Å². The summed E-state index contributed by atoms with van der Waals surface area (Å²) in [4.78, 5) is 11.5. The van der Waals surface area contributed by atoms with Crippen molar-refractivity contribution in [1.29, 1.82) is 0 Å². The Balaban J connectivity index is 4.56. The lowest BCUT2D eigenvalue weighted by atomic mass is 10.2. The van der Waals surface area contributed by atoms with Crippen LogP contribution in [0.2, 0.25) is 0 Å². The summed E-state index contributed by atoms with van der Waals surface area (Å²) >= 11 is 0. The first kappa shape index (κ1) is 14.3. The lowest BCUT2D eigenvalue weighted by Crippen LogP contribution is -2.47. The first-order chi connectivity index (χ1) is 7.31. The van der Waals surface area contributed by atoms with Crippen LogP contribution in [0.5, 0.6) is 0 Å². The molecule has 1 unspecified atom stereocenters. The number of carbonyl (C=O) groups excluding carboxylic acids is 1. The van der Waals surface area contributed by atoms with Crippen LogP contribution in [0.25, 0.3) is 0 Å². The van der Waals surface area contributed by atoms with Gasteiger partial charge in [0.25, 0.3) is 0 Å². The Labute approximate surface area is 95.8 Å². The maximum atomic E-state index is 11.5. The summed E-state index contributed by atoms with van der Waals surface area (Å²) in [6.07, 6.45) is 6.76. The third kappa shape index (κ3) is 5.27. The van der Waals surface area contributed by atoms with Gasteiger partial charge in [-0.3, -0.25) is 0 Å².